The Morgan fingerprint density at radius 3 is 2.52 bits per heavy atom. The third-order valence-electron chi connectivity index (χ3n) is 4.70. The lowest BCUT2D eigenvalue weighted by atomic mass is 9.82. The Kier molecular flexibility index (Phi) is 5.55. The average Bonchev–Trinajstić information content (AvgIpc) is 2.98. The number of carboxylic acid groups (broad SMARTS) is 1. The number of aliphatic carboxylic acids is 1. The van der Waals surface area contributed by atoms with Crippen molar-refractivity contribution in [1.29, 1.82) is 0 Å². The van der Waals surface area contributed by atoms with Crippen molar-refractivity contribution in [1.82, 2.24) is 15.1 Å². The number of carboxylic acids is 1. The van der Waals surface area contributed by atoms with Crippen LogP contribution in [0.4, 0.5) is 0 Å². The predicted octanol–water partition coefficient (Wildman–Crippen LogP) is 3.07. The summed E-state index contributed by atoms with van der Waals surface area (Å²) < 4.78 is 1.85. The van der Waals surface area contributed by atoms with E-state index in [4.69, 9.17) is 0 Å². The van der Waals surface area contributed by atoms with Gasteiger partial charge in [0.25, 0.3) is 0 Å². The Bertz CT molecular complexity index is 660. The summed E-state index contributed by atoms with van der Waals surface area (Å²) in [6, 6.07) is 10.1. The Labute approximate surface area is 137 Å². The molecule has 0 radical (unpaired) electrons. The fourth-order valence-corrected chi connectivity index (χ4v) is 2.88. The summed E-state index contributed by atoms with van der Waals surface area (Å²) in [5, 5.41) is 17.1. The largest absolute Gasteiger partial charge is 0.481 e. The van der Waals surface area contributed by atoms with Gasteiger partial charge >= 0.3 is 5.97 Å². The second-order valence-corrected chi connectivity index (χ2v) is 5.89. The second kappa shape index (κ2) is 7.42. The Balaban J connectivity index is 2.13. The van der Waals surface area contributed by atoms with Crippen molar-refractivity contribution in [2.75, 3.05) is 6.54 Å². The third-order valence-corrected chi connectivity index (χ3v) is 4.70. The standard InChI is InChI=1S/C18H25N3O2/c1-4-18(5-2,17(22)23)13-19-12-14-8-6-7-9-15(14)16-10-11-20-21(16)3/h6-11,19H,4-5,12-13H2,1-3H3,(H,22,23). The van der Waals surface area contributed by atoms with Crippen molar-refractivity contribution < 1.29 is 9.90 Å². The van der Waals surface area contributed by atoms with Crippen LogP contribution in [0.5, 0.6) is 0 Å². The number of carbonyl (C=O) groups is 1. The van der Waals surface area contributed by atoms with Crippen molar-refractivity contribution in [3.63, 3.8) is 0 Å². The van der Waals surface area contributed by atoms with Crippen LogP contribution in [-0.4, -0.2) is 27.4 Å². The van der Waals surface area contributed by atoms with Crippen LogP contribution in [0, 0.1) is 5.41 Å². The number of hydrogen-bond donors (Lipinski definition) is 2. The summed E-state index contributed by atoms with van der Waals surface area (Å²) in [7, 11) is 1.92. The lowest BCUT2D eigenvalue weighted by Crippen LogP contribution is -2.40. The molecule has 2 aromatic rings. The van der Waals surface area contributed by atoms with Gasteiger partial charge in [0.15, 0.2) is 0 Å². The van der Waals surface area contributed by atoms with Crippen molar-refractivity contribution >= 4 is 5.97 Å². The molecule has 0 spiro atoms. The molecule has 0 aliphatic heterocycles. The molecule has 1 aromatic heterocycles. The summed E-state index contributed by atoms with van der Waals surface area (Å²) in [4.78, 5) is 11.6. The van der Waals surface area contributed by atoms with Gasteiger partial charge in [-0.1, -0.05) is 38.1 Å². The molecule has 5 nitrogen and oxygen atoms in total. The molecule has 2 rings (SSSR count). The van der Waals surface area contributed by atoms with Gasteiger partial charge < -0.3 is 10.4 Å². The average molecular weight is 315 g/mol. The number of benzene rings is 1. The van der Waals surface area contributed by atoms with Crippen molar-refractivity contribution in [2.45, 2.75) is 33.2 Å². The van der Waals surface area contributed by atoms with Crippen molar-refractivity contribution in [3.8, 4) is 11.3 Å². The molecule has 2 N–H and O–H groups in total. The molecule has 0 saturated heterocycles. The van der Waals surface area contributed by atoms with Crippen molar-refractivity contribution in [2.24, 2.45) is 12.5 Å². The van der Waals surface area contributed by atoms with Gasteiger partial charge in [-0.25, -0.2) is 0 Å². The van der Waals surface area contributed by atoms with E-state index in [1.54, 1.807) is 6.20 Å². The summed E-state index contributed by atoms with van der Waals surface area (Å²) in [6.45, 7) is 4.97. The lowest BCUT2D eigenvalue weighted by Gasteiger charge is -2.27. The van der Waals surface area contributed by atoms with Gasteiger partial charge in [0.2, 0.25) is 0 Å². The highest BCUT2D eigenvalue weighted by atomic mass is 16.4. The van der Waals surface area contributed by atoms with Gasteiger partial charge in [0.05, 0.1) is 11.1 Å². The molecule has 5 heteroatoms. The molecular weight excluding hydrogens is 290 g/mol. The van der Waals surface area contributed by atoms with Gasteiger partial charge in [-0.05, 0) is 24.5 Å². The number of aromatic nitrogens is 2. The number of aryl methyl sites for hydroxylation is 1. The highest BCUT2D eigenvalue weighted by Gasteiger charge is 2.34. The lowest BCUT2D eigenvalue weighted by molar-refractivity contribution is -0.149. The zero-order valence-electron chi connectivity index (χ0n) is 14.0. The normalized spacial score (nSPS) is 11.6. The maximum atomic E-state index is 11.6. The second-order valence-electron chi connectivity index (χ2n) is 5.89. The SMILES string of the molecule is CCC(CC)(CNCc1ccccc1-c1ccnn1C)C(=O)O. The fraction of sp³-hybridized carbons (Fsp3) is 0.444. The molecule has 0 atom stereocenters. The molecule has 23 heavy (non-hydrogen) atoms. The molecular formula is C18H25N3O2. The third kappa shape index (κ3) is 3.62. The van der Waals surface area contributed by atoms with Gasteiger partial charge in [0.1, 0.15) is 0 Å². The molecule has 0 aliphatic rings. The zero-order chi connectivity index (χ0) is 16.9. The van der Waals surface area contributed by atoms with Crippen molar-refractivity contribution in [3.05, 3.63) is 42.1 Å². The Morgan fingerprint density at radius 1 is 1.26 bits per heavy atom. The minimum Gasteiger partial charge on any atom is -0.481 e. The maximum absolute atomic E-state index is 11.6. The van der Waals surface area contributed by atoms with Gasteiger partial charge in [-0.3, -0.25) is 9.48 Å². The van der Waals surface area contributed by atoms with E-state index in [0.717, 1.165) is 16.8 Å². The molecule has 0 bridgehead atoms. The first-order valence-corrected chi connectivity index (χ1v) is 8.04. The number of hydrogen-bond acceptors (Lipinski definition) is 3. The van der Waals surface area contributed by atoms with Gasteiger partial charge in [0, 0.05) is 31.9 Å². The molecule has 1 aromatic carbocycles. The monoisotopic (exact) mass is 315 g/mol. The fourth-order valence-electron chi connectivity index (χ4n) is 2.88. The predicted molar refractivity (Wildman–Crippen MR) is 91.0 cm³/mol. The first-order valence-electron chi connectivity index (χ1n) is 8.04. The van der Waals surface area contributed by atoms with E-state index < -0.39 is 11.4 Å². The molecule has 124 valence electrons. The first kappa shape index (κ1) is 17.2. The summed E-state index contributed by atoms with van der Waals surface area (Å²) in [6.07, 6.45) is 3.02. The van der Waals surface area contributed by atoms with Crippen LogP contribution in [-0.2, 0) is 18.4 Å². The molecule has 0 amide bonds. The summed E-state index contributed by atoms with van der Waals surface area (Å²) in [5.41, 5.74) is 2.62. The van der Waals surface area contributed by atoms with Crippen LogP contribution < -0.4 is 5.32 Å². The molecule has 1 heterocycles. The Hall–Kier alpha value is -2.14. The van der Waals surface area contributed by atoms with Gasteiger partial charge in [-0.2, -0.15) is 5.10 Å². The maximum Gasteiger partial charge on any atom is 0.310 e. The minimum atomic E-state index is -0.727. The smallest absolute Gasteiger partial charge is 0.310 e. The number of nitrogens with one attached hydrogen (secondary N) is 1. The van der Waals surface area contributed by atoms with E-state index in [9.17, 15) is 9.90 Å². The van der Waals surface area contributed by atoms with E-state index in [2.05, 4.69) is 22.5 Å². The van der Waals surface area contributed by atoms with E-state index in [0.29, 0.717) is 25.9 Å². The molecule has 0 fully saturated rings. The van der Waals surface area contributed by atoms with Crippen LogP contribution >= 0.6 is 0 Å². The highest BCUT2D eigenvalue weighted by Crippen LogP contribution is 2.27. The van der Waals surface area contributed by atoms with Crippen LogP contribution in [0.2, 0.25) is 0 Å². The van der Waals surface area contributed by atoms with E-state index in [-0.39, 0.29) is 0 Å². The highest BCUT2D eigenvalue weighted by molar-refractivity contribution is 5.74. The summed E-state index contributed by atoms with van der Waals surface area (Å²) in [5.74, 6) is -0.727. The van der Waals surface area contributed by atoms with Gasteiger partial charge in [-0.15, -0.1) is 0 Å². The topological polar surface area (TPSA) is 67.2 Å². The van der Waals surface area contributed by atoms with E-state index >= 15 is 0 Å². The minimum absolute atomic E-state index is 0.467. The first-order chi connectivity index (χ1) is 11.0. The number of rotatable bonds is 8. The van der Waals surface area contributed by atoms with E-state index in [1.807, 2.05) is 43.8 Å². The molecule has 0 unspecified atom stereocenters. The number of nitrogens with zero attached hydrogens (tertiary/aromatic N) is 2. The molecule has 0 saturated carbocycles. The quantitative estimate of drug-likeness (QED) is 0.785. The Morgan fingerprint density at radius 2 is 1.96 bits per heavy atom. The summed E-state index contributed by atoms with van der Waals surface area (Å²) >= 11 is 0. The van der Waals surface area contributed by atoms with Crippen LogP contribution in [0.25, 0.3) is 11.3 Å². The zero-order valence-corrected chi connectivity index (χ0v) is 14.0. The van der Waals surface area contributed by atoms with Crippen LogP contribution in [0.1, 0.15) is 32.3 Å². The van der Waals surface area contributed by atoms with Crippen LogP contribution in [0.15, 0.2) is 36.5 Å². The molecule has 0 aliphatic carbocycles. The van der Waals surface area contributed by atoms with Crippen LogP contribution in [0.3, 0.4) is 0 Å². The van der Waals surface area contributed by atoms with E-state index in [1.165, 1.54) is 0 Å².